The SMILES string of the molecule is CCN(C(=O)CNC(=O)c1ccc(F)c(F)c1F)C1CCS(=O)(=O)C1. The summed E-state index contributed by atoms with van der Waals surface area (Å²) in [6.45, 7) is 1.40. The fraction of sp³-hybridized carbons (Fsp3) is 0.467. The van der Waals surface area contributed by atoms with Crippen molar-refractivity contribution < 1.29 is 31.2 Å². The zero-order valence-corrected chi connectivity index (χ0v) is 14.2. The van der Waals surface area contributed by atoms with E-state index in [-0.39, 0.29) is 18.1 Å². The fourth-order valence-corrected chi connectivity index (χ4v) is 4.44. The first-order chi connectivity index (χ1) is 11.7. The molecule has 1 saturated heterocycles. The molecule has 0 bridgehead atoms. The molecule has 1 aliphatic heterocycles. The molecular weight excluding hydrogens is 361 g/mol. The molecule has 2 amide bonds. The van der Waals surface area contributed by atoms with Crippen molar-refractivity contribution in [3.05, 3.63) is 35.1 Å². The maximum atomic E-state index is 13.6. The second-order valence-corrected chi connectivity index (χ2v) is 7.87. The minimum absolute atomic E-state index is 0.00608. The predicted molar refractivity (Wildman–Crippen MR) is 83.1 cm³/mol. The maximum absolute atomic E-state index is 13.6. The molecule has 0 radical (unpaired) electrons. The summed E-state index contributed by atoms with van der Waals surface area (Å²) in [7, 11) is -3.18. The molecule has 0 saturated carbocycles. The van der Waals surface area contributed by atoms with Gasteiger partial charge in [-0.3, -0.25) is 9.59 Å². The smallest absolute Gasteiger partial charge is 0.254 e. The molecule has 2 rings (SSSR count). The number of hydrogen-bond donors (Lipinski definition) is 1. The van der Waals surface area contributed by atoms with Crippen molar-refractivity contribution in [2.24, 2.45) is 0 Å². The summed E-state index contributed by atoms with van der Waals surface area (Å²) < 4.78 is 62.6. The van der Waals surface area contributed by atoms with Crippen LogP contribution in [0.4, 0.5) is 13.2 Å². The zero-order chi connectivity index (χ0) is 18.8. The van der Waals surface area contributed by atoms with E-state index in [1.54, 1.807) is 6.92 Å². The Kier molecular flexibility index (Phi) is 5.71. The second-order valence-electron chi connectivity index (χ2n) is 5.64. The summed E-state index contributed by atoms with van der Waals surface area (Å²) >= 11 is 0. The molecule has 10 heteroatoms. The highest BCUT2D eigenvalue weighted by atomic mass is 32.2. The molecule has 1 aromatic rings. The second kappa shape index (κ2) is 7.42. The molecule has 1 N–H and O–H groups in total. The third-order valence-corrected chi connectivity index (χ3v) is 5.74. The van der Waals surface area contributed by atoms with Crippen molar-refractivity contribution in [2.45, 2.75) is 19.4 Å². The minimum atomic E-state index is -3.18. The minimum Gasteiger partial charge on any atom is -0.343 e. The Morgan fingerprint density at radius 2 is 1.92 bits per heavy atom. The van der Waals surface area contributed by atoms with Gasteiger partial charge in [0.2, 0.25) is 5.91 Å². The molecule has 0 aromatic heterocycles. The van der Waals surface area contributed by atoms with Gasteiger partial charge < -0.3 is 10.2 Å². The summed E-state index contributed by atoms with van der Waals surface area (Å²) in [5.74, 6) is -6.60. The van der Waals surface area contributed by atoms with Crippen molar-refractivity contribution in [3.8, 4) is 0 Å². The maximum Gasteiger partial charge on any atom is 0.254 e. The average molecular weight is 378 g/mol. The number of sulfone groups is 1. The number of benzene rings is 1. The van der Waals surface area contributed by atoms with Crippen LogP contribution in [0, 0.1) is 17.5 Å². The first kappa shape index (κ1) is 19.2. The summed E-state index contributed by atoms with van der Waals surface area (Å²) in [6, 6.07) is 0.908. The molecule has 0 aliphatic carbocycles. The molecule has 0 spiro atoms. The van der Waals surface area contributed by atoms with Crippen LogP contribution in [0.1, 0.15) is 23.7 Å². The molecule has 25 heavy (non-hydrogen) atoms. The van der Waals surface area contributed by atoms with Gasteiger partial charge in [-0.15, -0.1) is 0 Å². The number of amides is 2. The van der Waals surface area contributed by atoms with Crippen molar-refractivity contribution in [3.63, 3.8) is 0 Å². The van der Waals surface area contributed by atoms with E-state index in [0.717, 1.165) is 6.07 Å². The number of likely N-dealkylation sites (N-methyl/N-ethyl adjacent to an activating group) is 1. The largest absolute Gasteiger partial charge is 0.343 e. The lowest BCUT2D eigenvalue weighted by molar-refractivity contribution is -0.131. The Bertz CT molecular complexity index is 798. The lowest BCUT2D eigenvalue weighted by atomic mass is 10.2. The fourth-order valence-electron chi connectivity index (χ4n) is 2.71. The van der Waals surface area contributed by atoms with Crippen LogP contribution in [0.3, 0.4) is 0 Å². The monoisotopic (exact) mass is 378 g/mol. The highest BCUT2D eigenvalue weighted by molar-refractivity contribution is 7.91. The lowest BCUT2D eigenvalue weighted by Gasteiger charge is -2.27. The summed E-state index contributed by atoms with van der Waals surface area (Å²) in [5.41, 5.74) is -0.724. The average Bonchev–Trinajstić information content (AvgIpc) is 2.91. The summed E-state index contributed by atoms with van der Waals surface area (Å²) in [4.78, 5) is 25.4. The van der Waals surface area contributed by atoms with E-state index in [1.807, 2.05) is 0 Å². The molecule has 1 atom stereocenters. The number of nitrogens with one attached hydrogen (secondary N) is 1. The summed E-state index contributed by atoms with van der Waals surface area (Å²) in [6.07, 6.45) is 0.313. The number of hydrogen-bond acceptors (Lipinski definition) is 4. The van der Waals surface area contributed by atoms with Crippen LogP contribution in [0.25, 0.3) is 0 Å². The van der Waals surface area contributed by atoms with Crippen LogP contribution in [0.15, 0.2) is 12.1 Å². The van der Waals surface area contributed by atoms with Crippen LogP contribution in [-0.4, -0.2) is 55.8 Å². The number of rotatable bonds is 5. The first-order valence-corrected chi connectivity index (χ1v) is 9.40. The van der Waals surface area contributed by atoms with E-state index in [1.165, 1.54) is 4.90 Å². The van der Waals surface area contributed by atoms with Crippen LogP contribution < -0.4 is 5.32 Å². The number of halogens is 3. The number of carbonyl (C=O) groups excluding carboxylic acids is 2. The van der Waals surface area contributed by atoms with Gasteiger partial charge in [-0.2, -0.15) is 0 Å². The quantitative estimate of drug-likeness (QED) is 0.771. The Morgan fingerprint density at radius 3 is 2.48 bits per heavy atom. The molecule has 1 unspecified atom stereocenters. The van der Waals surface area contributed by atoms with Gasteiger partial charge in [-0.05, 0) is 25.5 Å². The molecule has 1 aliphatic rings. The van der Waals surface area contributed by atoms with Crippen LogP contribution in [-0.2, 0) is 14.6 Å². The van der Waals surface area contributed by atoms with Crippen molar-refractivity contribution in [2.75, 3.05) is 24.6 Å². The summed E-state index contributed by atoms with van der Waals surface area (Å²) in [5, 5.41) is 2.14. The van der Waals surface area contributed by atoms with E-state index in [0.29, 0.717) is 12.5 Å². The van der Waals surface area contributed by atoms with Gasteiger partial charge in [-0.25, -0.2) is 21.6 Å². The Balaban J connectivity index is 2.01. The van der Waals surface area contributed by atoms with Crippen molar-refractivity contribution in [1.82, 2.24) is 10.2 Å². The highest BCUT2D eigenvalue weighted by Crippen LogP contribution is 2.18. The van der Waals surface area contributed by atoms with Crippen molar-refractivity contribution >= 4 is 21.7 Å². The van der Waals surface area contributed by atoms with Gasteiger partial charge in [0.25, 0.3) is 5.91 Å². The van der Waals surface area contributed by atoms with Crippen LogP contribution in [0.5, 0.6) is 0 Å². The lowest BCUT2D eigenvalue weighted by Crippen LogP contribution is -2.46. The van der Waals surface area contributed by atoms with Crippen molar-refractivity contribution in [1.29, 1.82) is 0 Å². The number of carbonyl (C=O) groups is 2. The Morgan fingerprint density at radius 1 is 1.24 bits per heavy atom. The van der Waals surface area contributed by atoms with Crippen LogP contribution in [0.2, 0.25) is 0 Å². The molecule has 1 aromatic carbocycles. The topological polar surface area (TPSA) is 83.6 Å². The Hall–Kier alpha value is -2.10. The Labute approximate surface area is 142 Å². The van der Waals surface area contributed by atoms with Gasteiger partial charge in [0, 0.05) is 12.6 Å². The first-order valence-electron chi connectivity index (χ1n) is 7.58. The van der Waals surface area contributed by atoms with Crippen LogP contribution >= 0.6 is 0 Å². The molecule has 6 nitrogen and oxygen atoms in total. The van der Waals surface area contributed by atoms with Gasteiger partial charge in [0.1, 0.15) is 0 Å². The van der Waals surface area contributed by atoms with Gasteiger partial charge in [0.15, 0.2) is 27.3 Å². The standard InChI is InChI=1S/C15H17F3N2O4S/c1-2-20(9-5-6-25(23,24)8-9)12(21)7-19-15(22)10-3-4-11(16)14(18)13(10)17/h3-4,9H,2,5-8H2,1H3,(H,19,22). The third kappa shape index (κ3) is 4.30. The molecule has 1 fully saturated rings. The van der Waals surface area contributed by atoms with E-state index in [4.69, 9.17) is 0 Å². The van der Waals surface area contributed by atoms with Gasteiger partial charge in [-0.1, -0.05) is 0 Å². The molecular formula is C15H17F3N2O4S. The number of nitrogens with zero attached hydrogens (tertiary/aromatic N) is 1. The van der Waals surface area contributed by atoms with E-state index in [9.17, 15) is 31.2 Å². The van der Waals surface area contributed by atoms with E-state index >= 15 is 0 Å². The molecule has 1 heterocycles. The third-order valence-electron chi connectivity index (χ3n) is 3.99. The predicted octanol–water partition coefficient (Wildman–Crippen LogP) is 0.869. The zero-order valence-electron chi connectivity index (χ0n) is 13.4. The highest BCUT2D eigenvalue weighted by Gasteiger charge is 2.34. The van der Waals surface area contributed by atoms with Gasteiger partial charge in [0.05, 0.1) is 23.6 Å². The van der Waals surface area contributed by atoms with E-state index < -0.39 is 57.3 Å². The van der Waals surface area contributed by atoms with E-state index in [2.05, 4.69) is 5.32 Å². The normalized spacial score (nSPS) is 18.8. The molecule has 138 valence electrons. The van der Waals surface area contributed by atoms with Gasteiger partial charge >= 0.3 is 0 Å².